The van der Waals surface area contributed by atoms with Gasteiger partial charge in [-0.1, -0.05) is 32.1 Å². The Kier molecular flexibility index (Phi) is 3.01. The number of nitro benzene ring substituents is 1. The zero-order valence-corrected chi connectivity index (χ0v) is 10.3. The molecule has 1 aromatic rings. The average Bonchev–Trinajstić information content (AvgIpc) is 2.29. The second-order valence-electron chi connectivity index (χ2n) is 5.37. The van der Waals surface area contributed by atoms with Gasteiger partial charge >= 0.3 is 0 Å². The van der Waals surface area contributed by atoms with Gasteiger partial charge in [0.2, 0.25) is 0 Å². The summed E-state index contributed by atoms with van der Waals surface area (Å²) in [6, 6.07) is 7.01. The van der Waals surface area contributed by atoms with Gasteiger partial charge in [-0.25, -0.2) is 0 Å². The number of hydrogen-bond acceptors (Lipinski definition) is 2. The minimum Gasteiger partial charge on any atom is -0.258 e. The van der Waals surface area contributed by atoms with Crippen LogP contribution in [0.5, 0.6) is 0 Å². The number of nitrogens with zero attached hydrogens (tertiary/aromatic N) is 1. The standard InChI is InChI=1S/C14H17NO2/c1-14(2)9-7-11(8-10-14)12-5-3-4-6-13(12)15(16)17/h3-7H,8-10H2,1-2H3. The summed E-state index contributed by atoms with van der Waals surface area (Å²) in [6.45, 7) is 4.47. The number of rotatable bonds is 2. The lowest BCUT2D eigenvalue weighted by Gasteiger charge is -2.28. The maximum absolute atomic E-state index is 11.0. The summed E-state index contributed by atoms with van der Waals surface area (Å²) in [4.78, 5) is 10.7. The van der Waals surface area contributed by atoms with Crippen LogP contribution in [0.2, 0.25) is 0 Å². The fourth-order valence-corrected chi connectivity index (χ4v) is 2.23. The summed E-state index contributed by atoms with van der Waals surface area (Å²) in [5.74, 6) is 0. The summed E-state index contributed by atoms with van der Waals surface area (Å²) in [7, 11) is 0. The lowest BCUT2D eigenvalue weighted by molar-refractivity contribution is -0.385. The Morgan fingerprint density at radius 3 is 2.59 bits per heavy atom. The van der Waals surface area contributed by atoms with E-state index in [-0.39, 0.29) is 10.6 Å². The van der Waals surface area contributed by atoms with E-state index < -0.39 is 0 Å². The highest BCUT2D eigenvalue weighted by atomic mass is 16.6. The van der Waals surface area contributed by atoms with E-state index in [4.69, 9.17) is 0 Å². The van der Waals surface area contributed by atoms with Gasteiger partial charge in [-0.3, -0.25) is 10.1 Å². The van der Waals surface area contributed by atoms with Crippen molar-refractivity contribution in [1.29, 1.82) is 0 Å². The highest BCUT2D eigenvalue weighted by molar-refractivity contribution is 5.73. The summed E-state index contributed by atoms with van der Waals surface area (Å²) < 4.78 is 0. The van der Waals surface area contributed by atoms with Crippen LogP contribution in [0, 0.1) is 15.5 Å². The maximum Gasteiger partial charge on any atom is 0.276 e. The van der Waals surface area contributed by atoms with Crippen molar-refractivity contribution in [3.8, 4) is 0 Å². The molecule has 0 saturated carbocycles. The van der Waals surface area contributed by atoms with Crippen molar-refractivity contribution in [2.75, 3.05) is 0 Å². The lowest BCUT2D eigenvalue weighted by atomic mass is 9.77. The molecule has 0 heterocycles. The number of allylic oxidation sites excluding steroid dienone is 2. The van der Waals surface area contributed by atoms with Crippen LogP contribution in [-0.2, 0) is 0 Å². The summed E-state index contributed by atoms with van der Waals surface area (Å²) in [6.07, 6.45) is 5.17. The topological polar surface area (TPSA) is 43.1 Å². The molecule has 0 amide bonds. The molecular formula is C14H17NO2. The van der Waals surface area contributed by atoms with Crippen molar-refractivity contribution >= 4 is 11.3 Å². The molecule has 0 spiro atoms. The molecule has 0 bridgehead atoms. The molecule has 2 rings (SSSR count). The third kappa shape index (κ3) is 2.54. The largest absolute Gasteiger partial charge is 0.276 e. The van der Waals surface area contributed by atoms with Gasteiger partial charge in [0.15, 0.2) is 0 Å². The Morgan fingerprint density at radius 2 is 2.00 bits per heavy atom. The van der Waals surface area contributed by atoms with E-state index in [0.717, 1.165) is 30.4 Å². The van der Waals surface area contributed by atoms with E-state index in [9.17, 15) is 10.1 Å². The van der Waals surface area contributed by atoms with E-state index in [1.165, 1.54) is 0 Å². The predicted octanol–water partition coefficient (Wildman–Crippen LogP) is 4.19. The molecule has 0 saturated heterocycles. The third-order valence-electron chi connectivity index (χ3n) is 3.42. The molecule has 1 aromatic carbocycles. The van der Waals surface area contributed by atoms with Crippen LogP contribution in [-0.4, -0.2) is 4.92 Å². The number of benzene rings is 1. The number of hydrogen-bond donors (Lipinski definition) is 0. The second kappa shape index (κ2) is 4.32. The first kappa shape index (κ1) is 11.8. The van der Waals surface area contributed by atoms with Crippen LogP contribution in [0.25, 0.3) is 5.57 Å². The molecule has 0 N–H and O–H groups in total. The number of para-hydroxylation sites is 1. The zero-order chi connectivity index (χ0) is 12.5. The van der Waals surface area contributed by atoms with E-state index >= 15 is 0 Å². The summed E-state index contributed by atoms with van der Waals surface area (Å²) in [5, 5.41) is 11.0. The first-order valence-corrected chi connectivity index (χ1v) is 5.92. The summed E-state index contributed by atoms with van der Waals surface area (Å²) in [5.41, 5.74) is 2.45. The van der Waals surface area contributed by atoms with Crippen molar-refractivity contribution in [2.24, 2.45) is 5.41 Å². The molecule has 3 nitrogen and oxygen atoms in total. The van der Waals surface area contributed by atoms with E-state index in [2.05, 4.69) is 19.9 Å². The van der Waals surface area contributed by atoms with Crippen molar-refractivity contribution in [3.63, 3.8) is 0 Å². The molecule has 0 unspecified atom stereocenters. The first-order chi connectivity index (χ1) is 7.99. The van der Waals surface area contributed by atoms with Gasteiger partial charge in [0.05, 0.1) is 10.5 Å². The molecule has 0 aliphatic heterocycles. The van der Waals surface area contributed by atoms with E-state index in [0.29, 0.717) is 5.41 Å². The molecule has 17 heavy (non-hydrogen) atoms. The van der Waals surface area contributed by atoms with Crippen LogP contribution < -0.4 is 0 Å². The minimum absolute atomic E-state index is 0.221. The van der Waals surface area contributed by atoms with Gasteiger partial charge in [0.1, 0.15) is 0 Å². The van der Waals surface area contributed by atoms with E-state index in [1.807, 2.05) is 12.1 Å². The van der Waals surface area contributed by atoms with Crippen LogP contribution in [0.4, 0.5) is 5.69 Å². The van der Waals surface area contributed by atoms with Crippen LogP contribution in [0.3, 0.4) is 0 Å². The Labute approximate surface area is 101 Å². The molecule has 0 atom stereocenters. The molecule has 3 heteroatoms. The first-order valence-electron chi connectivity index (χ1n) is 5.92. The minimum atomic E-state index is -0.296. The van der Waals surface area contributed by atoms with Crippen molar-refractivity contribution < 1.29 is 4.92 Å². The molecular weight excluding hydrogens is 214 g/mol. The van der Waals surface area contributed by atoms with Crippen molar-refractivity contribution in [2.45, 2.75) is 33.1 Å². The number of nitro groups is 1. The SMILES string of the molecule is CC1(C)CC=C(c2ccccc2[N+](=O)[O-])CC1. The van der Waals surface area contributed by atoms with Crippen molar-refractivity contribution in [1.82, 2.24) is 0 Å². The van der Waals surface area contributed by atoms with Crippen LogP contribution >= 0.6 is 0 Å². The Bertz CT molecular complexity index is 475. The second-order valence-corrected chi connectivity index (χ2v) is 5.37. The fraction of sp³-hybridized carbons (Fsp3) is 0.429. The monoisotopic (exact) mass is 231 g/mol. The Morgan fingerprint density at radius 1 is 1.29 bits per heavy atom. The average molecular weight is 231 g/mol. The third-order valence-corrected chi connectivity index (χ3v) is 3.42. The van der Waals surface area contributed by atoms with Gasteiger partial charge in [-0.05, 0) is 36.3 Å². The summed E-state index contributed by atoms with van der Waals surface area (Å²) >= 11 is 0. The smallest absolute Gasteiger partial charge is 0.258 e. The van der Waals surface area contributed by atoms with Gasteiger partial charge in [-0.2, -0.15) is 0 Å². The lowest BCUT2D eigenvalue weighted by Crippen LogP contribution is -2.14. The molecule has 0 radical (unpaired) electrons. The van der Waals surface area contributed by atoms with Crippen molar-refractivity contribution in [3.05, 3.63) is 46.0 Å². The Balaban J connectivity index is 2.36. The fourth-order valence-electron chi connectivity index (χ4n) is 2.23. The van der Waals surface area contributed by atoms with Crippen LogP contribution in [0.15, 0.2) is 30.3 Å². The Hall–Kier alpha value is -1.64. The molecule has 90 valence electrons. The van der Waals surface area contributed by atoms with Gasteiger partial charge in [-0.15, -0.1) is 0 Å². The highest BCUT2D eigenvalue weighted by Gasteiger charge is 2.24. The molecule has 0 aromatic heterocycles. The van der Waals surface area contributed by atoms with Gasteiger partial charge < -0.3 is 0 Å². The maximum atomic E-state index is 11.0. The molecule has 0 fully saturated rings. The molecule has 1 aliphatic carbocycles. The predicted molar refractivity (Wildman–Crippen MR) is 68.7 cm³/mol. The van der Waals surface area contributed by atoms with Crippen LogP contribution in [0.1, 0.15) is 38.7 Å². The van der Waals surface area contributed by atoms with Gasteiger partial charge in [0.25, 0.3) is 5.69 Å². The highest BCUT2D eigenvalue weighted by Crippen LogP contribution is 2.39. The zero-order valence-electron chi connectivity index (χ0n) is 10.3. The normalized spacial score (nSPS) is 18.6. The van der Waals surface area contributed by atoms with E-state index in [1.54, 1.807) is 12.1 Å². The molecule has 1 aliphatic rings. The quantitative estimate of drug-likeness (QED) is 0.565. The van der Waals surface area contributed by atoms with Gasteiger partial charge in [0, 0.05) is 6.07 Å².